The fourth-order valence-electron chi connectivity index (χ4n) is 3.29. The highest BCUT2D eigenvalue weighted by Gasteiger charge is 2.23. The molecule has 0 radical (unpaired) electrons. The van der Waals surface area contributed by atoms with Crippen molar-refractivity contribution in [1.29, 1.82) is 0 Å². The summed E-state index contributed by atoms with van der Waals surface area (Å²) in [4.78, 5) is 19.6. The number of imidazole rings is 1. The first-order valence-corrected chi connectivity index (χ1v) is 8.13. The predicted molar refractivity (Wildman–Crippen MR) is 79.6 cm³/mol. The molecule has 2 aromatic heterocycles. The third-order valence-electron chi connectivity index (χ3n) is 4.36. The topological polar surface area (TPSA) is 58.4 Å². The predicted octanol–water partition coefficient (Wildman–Crippen LogP) is 2.15. The summed E-state index contributed by atoms with van der Waals surface area (Å²) in [5.74, 6) is 0.404. The van der Waals surface area contributed by atoms with Crippen LogP contribution in [0.2, 0.25) is 0 Å². The van der Waals surface area contributed by atoms with Crippen LogP contribution in [0.25, 0.3) is 0 Å². The van der Waals surface area contributed by atoms with Gasteiger partial charge in [-0.1, -0.05) is 0 Å². The average molecular weight is 303 g/mol. The first-order chi connectivity index (χ1) is 10.2. The fraction of sp³-hybridized carbons (Fsp3) is 0.467. The van der Waals surface area contributed by atoms with Gasteiger partial charge in [0.2, 0.25) is 0 Å². The second-order valence-corrected chi connectivity index (χ2v) is 6.88. The van der Waals surface area contributed by atoms with Gasteiger partial charge >= 0.3 is 5.97 Å². The van der Waals surface area contributed by atoms with Crippen molar-refractivity contribution in [3.63, 3.8) is 0 Å². The molecular weight excluding hydrogens is 286 g/mol. The van der Waals surface area contributed by atoms with Gasteiger partial charge in [0, 0.05) is 43.7 Å². The lowest BCUT2D eigenvalue weighted by molar-refractivity contribution is 0.0702. The average Bonchev–Trinajstić information content (AvgIpc) is 3.14. The van der Waals surface area contributed by atoms with Gasteiger partial charge < -0.3 is 9.67 Å². The van der Waals surface area contributed by atoms with Crippen LogP contribution in [0.5, 0.6) is 0 Å². The summed E-state index contributed by atoms with van der Waals surface area (Å²) in [5, 5.41) is 9.10. The first kappa shape index (κ1) is 13.0. The molecule has 0 unspecified atom stereocenters. The van der Waals surface area contributed by atoms with Crippen LogP contribution in [-0.2, 0) is 32.5 Å². The second kappa shape index (κ2) is 4.96. The number of hydrogen-bond acceptors (Lipinski definition) is 4. The Morgan fingerprint density at radius 2 is 2.29 bits per heavy atom. The van der Waals surface area contributed by atoms with E-state index in [1.54, 1.807) is 0 Å². The summed E-state index contributed by atoms with van der Waals surface area (Å²) >= 11 is 1.42. The Kier molecular flexibility index (Phi) is 3.08. The van der Waals surface area contributed by atoms with Gasteiger partial charge in [0.1, 0.15) is 10.7 Å². The van der Waals surface area contributed by atoms with Crippen LogP contribution in [-0.4, -0.2) is 32.1 Å². The molecule has 0 fully saturated rings. The molecule has 0 bridgehead atoms. The van der Waals surface area contributed by atoms with Crippen LogP contribution in [0.1, 0.15) is 38.1 Å². The van der Waals surface area contributed by atoms with Gasteiger partial charge in [-0.15, -0.1) is 11.3 Å². The molecule has 110 valence electrons. The Hall–Kier alpha value is -1.66. The summed E-state index contributed by atoms with van der Waals surface area (Å²) in [7, 11) is 0. The quantitative estimate of drug-likeness (QED) is 0.944. The lowest BCUT2D eigenvalue weighted by atomic mass is 10.1. The van der Waals surface area contributed by atoms with Crippen molar-refractivity contribution in [2.75, 3.05) is 6.54 Å². The zero-order chi connectivity index (χ0) is 14.4. The fourth-order valence-corrected chi connectivity index (χ4v) is 4.38. The van der Waals surface area contributed by atoms with Crippen LogP contribution in [0.3, 0.4) is 0 Å². The molecule has 0 spiro atoms. The first-order valence-electron chi connectivity index (χ1n) is 7.31. The molecule has 0 amide bonds. The number of nitrogens with zero attached hydrogens (tertiary/aromatic N) is 3. The minimum atomic E-state index is -0.811. The van der Waals surface area contributed by atoms with E-state index in [1.165, 1.54) is 39.7 Å². The van der Waals surface area contributed by atoms with Gasteiger partial charge in [-0.3, -0.25) is 4.90 Å². The van der Waals surface area contributed by atoms with Gasteiger partial charge in [0.05, 0.1) is 5.69 Å². The highest BCUT2D eigenvalue weighted by atomic mass is 32.1. The highest BCUT2D eigenvalue weighted by Crippen LogP contribution is 2.29. The van der Waals surface area contributed by atoms with Crippen LogP contribution in [0.4, 0.5) is 0 Å². The number of hydrogen-bond donors (Lipinski definition) is 1. The van der Waals surface area contributed by atoms with E-state index in [4.69, 9.17) is 5.11 Å². The van der Waals surface area contributed by atoms with Crippen molar-refractivity contribution in [3.05, 3.63) is 39.1 Å². The molecule has 2 aliphatic rings. The number of carboxylic acid groups (broad SMARTS) is 1. The van der Waals surface area contributed by atoms with E-state index in [9.17, 15) is 4.79 Å². The zero-order valence-electron chi connectivity index (χ0n) is 11.7. The molecule has 0 aliphatic carbocycles. The molecule has 2 aliphatic heterocycles. The molecule has 0 atom stereocenters. The molecule has 6 heteroatoms. The summed E-state index contributed by atoms with van der Waals surface area (Å²) < 4.78 is 2.34. The molecule has 4 rings (SSSR count). The number of carboxylic acids is 1. The Balaban J connectivity index is 1.51. The van der Waals surface area contributed by atoms with Crippen molar-refractivity contribution in [1.82, 2.24) is 14.5 Å². The standard InChI is InChI=1S/C15H17N3O2S/c19-15(20)12-6-10-3-5-17(9-13(10)21-12)8-11-7-16-14-2-1-4-18(11)14/h6-7H,1-5,8-9H2,(H,19,20). The maximum Gasteiger partial charge on any atom is 0.345 e. The van der Waals surface area contributed by atoms with E-state index >= 15 is 0 Å². The lowest BCUT2D eigenvalue weighted by Gasteiger charge is -2.26. The number of thiophene rings is 1. The Labute approximate surface area is 126 Å². The number of aryl methyl sites for hydroxylation is 1. The van der Waals surface area contributed by atoms with Gasteiger partial charge in [-0.2, -0.15) is 0 Å². The van der Waals surface area contributed by atoms with E-state index < -0.39 is 5.97 Å². The summed E-state index contributed by atoms with van der Waals surface area (Å²) in [6.07, 6.45) is 5.24. The van der Waals surface area contributed by atoms with Crippen LogP contribution in [0.15, 0.2) is 12.3 Å². The van der Waals surface area contributed by atoms with Crippen LogP contribution in [0, 0.1) is 0 Å². The Morgan fingerprint density at radius 1 is 1.38 bits per heavy atom. The van der Waals surface area contributed by atoms with Crippen molar-refractivity contribution in [2.24, 2.45) is 0 Å². The molecule has 21 heavy (non-hydrogen) atoms. The van der Waals surface area contributed by atoms with Crippen molar-refractivity contribution in [3.8, 4) is 0 Å². The van der Waals surface area contributed by atoms with Gasteiger partial charge in [-0.05, 0) is 24.5 Å². The van der Waals surface area contributed by atoms with E-state index in [1.807, 2.05) is 12.3 Å². The molecule has 2 aromatic rings. The molecule has 5 nitrogen and oxygen atoms in total. The summed E-state index contributed by atoms with van der Waals surface area (Å²) in [6, 6.07) is 1.84. The van der Waals surface area contributed by atoms with Crippen LogP contribution >= 0.6 is 11.3 Å². The molecule has 0 saturated carbocycles. The molecule has 0 aromatic carbocycles. The minimum absolute atomic E-state index is 0.465. The number of fused-ring (bicyclic) bond motifs is 2. The van der Waals surface area contributed by atoms with Gasteiger partial charge in [0.25, 0.3) is 0 Å². The number of aromatic nitrogens is 2. The van der Waals surface area contributed by atoms with Crippen molar-refractivity contribution in [2.45, 2.75) is 38.9 Å². The van der Waals surface area contributed by atoms with E-state index in [0.29, 0.717) is 4.88 Å². The second-order valence-electron chi connectivity index (χ2n) is 5.75. The Morgan fingerprint density at radius 3 is 3.14 bits per heavy atom. The third kappa shape index (κ3) is 2.28. The molecular formula is C15H17N3O2S. The van der Waals surface area contributed by atoms with E-state index in [2.05, 4.69) is 14.5 Å². The lowest BCUT2D eigenvalue weighted by Crippen LogP contribution is -2.29. The number of carbonyl (C=O) groups is 1. The third-order valence-corrected chi connectivity index (χ3v) is 5.51. The summed E-state index contributed by atoms with van der Waals surface area (Å²) in [6.45, 7) is 3.84. The van der Waals surface area contributed by atoms with Gasteiger partial charge in [-0.25, -0.2) is 9.78 Å². The number of rotatable bonds is 3. The zero-order valence-corrected chi connectivity index (χ0v) is 12.5. The summed E-state index contributed by atoms with van der Waals surface area (Å²) in [5.41, 5.74) is 2.51. The molecule has 0 saturated heterocycles. The Bertz CT molecular complexity index is 704. The minimum Gasteiger partial charge on any atom is -0.477 e. The normalized spacial score (nSPS) is 17.7. The monoisotopic (exact) mass is 303 g/mol. The van der Waals surface area contributed by atoms with Crippen molar-refractivity contribution >= 4 is 17.3 Å². The van der Waals surface area contributed by atoms with Crippen LogP contribution < -0.4 is 0 Å². The van der Waals surface area contributed by atoms with E-state index in [-0.39, 0.29) is 0 Å². The molecule has 1 N–H and O–H groups in total. The van der Waals surface area contributed by atoms with Gasteiger partial charge in [0.15, 0.2) is 0 Å². The maximum absolute atomic E-state index is 11.1. The number of aromatic carboxylic acids is 1. The SMILES string of the molecule is O=C(O)c1cc2c(s1)CN(Cc1cnc3n1CCC3)CC2. The molecule has 4 heterocycles. The van der Waals surface area contributed by atoms with E-state index in [0.717, 1.165) is 39.0 Å². The maximum atomic E-state index is 11.1. The van der Waals surface area contributed by atoms with Crippen molar-refractivity contribution < 1.29 is 9.90 Å². The smallest absolute Gasteiger partial charge is 0.345 e. The largest absolute Gasteiger partial charge is 0.477 e. The highest BCUT2D eigenvalue weighted by molar-refractivity contribution is 7.14.